The summed E-state index contributed by atoms with van der Waals surface area (Å²) >= 11 is 0. The molecule has 0 heterocycles. The van der Waals surface area contributed by atoms with E-state index < -0.39 is 0 Å². The van der Waals surface area contributed by atoms with Crippen molar-refractivity contribution in [1.29, 1.82) is 0 Å². The van der Waals surface area contributed by atoms with Crippen LogP contribution in [0.5, 0.6) is 0 Å². The molecule has 18 heavy (non-hydrogen) atoms. The first kappa shape index (κ1) is 15.1. The third kappa shape index (κ3) is 4.39. The van der Waals surface area contributed by atoms with Gasteiger partial charge in [0.05, 0.1) is 0 Å². The second-order valence-corrected chi connectivity index (χ2v) is 5.90. The number of aliphatic hydroxyl groups is 1. The van der Waals surface area contributed by atoms with Gasteiger partial charge in [-0.15, -0.1) is 0 Å². The Balaban J connectivity index is 2.64. The van der Waals surface area contributed by atoms with Crippen molar-refractivity contribution in [1.82, 2.24) is 5.32 Å². The van der Waals surface area contributed by atoms with Crippen molar-refractivity contribution in [2.75, 3.05) is 6.61 Å². The first-order valence-electron chi connectivity index (χ1n) is 6.44. The smallest absolute Gasteiger partial charge is 0.126 e. The molecule has 0 bridgehead atoms. The average molecular weight is 253 g/mol. The van der Waals surface area contributed by atoms with E-state index in [9.17, 15) is 4.39 Å². The quantitative estimate of drug-likeness (QED) is 0.845. The second-order valence-electron chi connectivity index (χ2n) is 5.90. The molecule has 0 saturated carbocycles. The minimum Gasteiger partial charge on any atom is -0.396 e. The minimum absolute atomic E-state index is 0.0754. The molecule has 0 amide bonds. The van der Waals surface area contributed by atoms with Crippen molar-refractivity contribution in [2.45, 2.75) is 46.7 Å². The van der Waals surface area contributed by atoms with Gasteiger partial charge in [0.15, 0.2) is 0 Å². The summed E-state index contributed by atoms with van der Waals surface area (Å²) in [5, 5.41) is 12.5. The number of aryl methyl sites for hydroxylation is 1. The Morgan fingerprint density at radius 3 is 2.50 bits per heavy atom. The predicted octanol–water partition coefficient (Wildman–Crippen LogP) is 3.02. The van der Waals surface area contributed by atoms with E-state index in [1.807, 2.05) is 6.07 Å². The maximum Gasteiger partial charge on any atom is 0.126 e. The minimum atomic E-state index is -0.163. The lowest BCUT2D eigenvalue weighted by molar-refractivity contribution is 0.196. The van der Waals surface area contributed by atoms with E-state index >= 15 is 0 Å². The van der Waals surface area contributed by atoms with E-state index in [-0.39, 0.29) is 23.9 Å². The number of rotatable bonds is 5. The Hall–Kier alpha value is -0.930. The van der Waals surface area contributed by atoms with Crippen LogP contribution in [0.1, 0.15) is 38.3 Å². The van der Waals surface area contributed by atoms with Gasteiger partial charge in [-0.25, -0.2) is 4.39 Å². The zero-order valence-corrected chi connectivity index (χ0v) is 11.8. The molecule has 1 rings (SSSR count). The summed E-state index contributed by atoms with van der Waals surface area (Å²) in [6.45, 7) is 8.95. The van der Waals surface area contributed by atoms with Crippen LogP contribution < -0.4 is 5.32 Å². The molecule has 2 nitrogen and oxygen atoms in total. The van der Waals surface area contributed by atoms with Crippen LogP contribution >= 0.6 is 0 Å². The molecule has 1 unspecified atom stereocenters. The van der Waals surface area contributed by atoms with Crippen LogP contribution in [0.15, 0.2) is 18.2 Å². The topological polar surface area (TPSA) is 32.3 Å². The van der Waals surface area contributed by atoms with Crippen LogP contribution in [0.2, 0.25) is 0 Å². The van der Waals surface area contributed by atoms with Gasteiger partial charge in [-0.2, -0.15) is 0 Å². The highest BCUT2D eigenvalue weighted by molar-refractivity contribution is 5.23. The van der Waals surface area contributed by atoms with Crippen LogP contribution in [-0.2, 0) is 6.54 Å². The van der Waals surface area contributed by atoms with Crippen LogP contribution in [0.3, 0.4) is 0 Å². The van der Waals surface area contributed by atoms with Gasteiger partial charge in [0, 0.05) is 19.2 Å². The van der Waals surface area contributed by atoms with Gasteiger partial charge in [-0.05, 0) is 36.0 Å². The second kappa shape index (κ2) is 6.30. The molecule has 1 atom stereocenters. The lowest BCUT2D eigenvalue weighted by Gasteiger charge is -2.31. The standard InChI is InChI=1S/C15H24FNO/c1-11-5-6-12(9-13(11)16)10-17-14(7-8-18)15(2,3)4/h5-6,9,14,17-18H,7-8,10H2,1-4H3. The maximum absolute atomic E-state index is 13.4. The molecule has 0 aliphatic heterocycles. The predicted molar refractivity (Wildman–Crippen MR) is 72.9 cm³/mol. The molecule has 0 saturated heterocycles. The molecule has 0 fully saturated rings. The van der Waals surface area contributed by atoms with Crippen LogP contribution in [0.4, 0.5) is 4.39 Å². The van der Waals surface area contributed by atoms with Gasteiger partial charge >= 0.3 is 0 Å². The first-order chi connectivity index (χ1) is 8.34. The van der Waals surface area contributed by atoms with E-state index in [1.165, 1.54) is 0 Å². The largest absolute Gasteiger partial charge is 0.396 e. The van der Waals surface area contributed by atoms with E-state index in [0.29, 0.717) is 18.5 Å². The molecule has 0 aliphatic rings. The third-order valence-corrected chi connectivity index (χ3v) is 3.25. The van der Waals surface area contributed by atoms with Gasteiger partial charge in [0.2, 0.25) is 0 Å². The average Bonchev–Trinajstić information content (AvgIpc) is 2.27. The van der Waals surface area contributed by atoms with E-state index in [2.05, 4.69) is 26.1 Å². The molecule has 0 aliphatic carbocycles. The zero-order valence-electron chi connectivity index (χ0n) is 11.8. The summed E-state index contributed by atoms with van der Waals surface area (Å²) in [6.07, 6.45) is 0.706. The fourth-order valence-corrected chi connectivity index (χ4v) is 1.96. The summed E-state index contributed by atoms with van der Waals surface area (Å²) in [5.74, 6) is -0.163. The van der Waals surface area contributed by atoms with E-state index in [0.717, 1.165) is 5.56 Å². The highest BCUT2D eigenvalue weighted by Crippen LogP contribution is 2.22. The summed E-state index contributed by atoms with van der Waals surface area (Å²) in [5.41, 5.74) is 1.68. The van der Waals surface area contributed by atoms with E-state index in [1.54, 1.807) is 19.1 Å². The molecule has 0 aromatic heterocycles. The Bertz CT molecular complexity index is 385. The Labute approximate surface area is 109 Å². The van der Waals surface area contributed by atoms with Crippen LogP contribution in [0.25, 0.3) is 0 Å². The lowest BCUT2D eigenvalue weighted by Crippen LogP contribution is -2.40. The van der Waals surface area contributed by atoms with E-state index in [4.69, 9.17) is 5.11 Å². The Morgan fingerprint density at radius 2 is 2.00 bits per heavy atom. The number of aliphatic hydroxyl groups excluding tert-OH is 1. The fraction of sp³-hybridized carbons (Fsp3) is 0.600. The molecule has 102 valence electrons. The third-order valence-electron chi connectivity index (χ3n) is 3.25. The number of hydrogen-bond acceptors (Lipinski definition) is 2. The fourth-order valence-electron chi connectivity index (χ4n) is 1.96. The molecule has 2 N–H and O–H groups in total. The highest BCUT2D eigenvalue weighted by atomic mass is 19.1. The van der Waals surface area contributed by atoms with Gasteiger partial charge in [0.1, 0.15) is 5.82 Å². The molecule has 1 aromatic carbocycles. The van der Waals surface area contributed by atoms with Gasteiger partial charge in [-0.3, -0.25) is 0 Å². The number of benzene rings is 1. The molecule has 0 spiro atoms. The van der Waals surface area contributed by atoms with Crippen LogP contribution in [0, 0.1) is 18.2 Å². The summed E-state index contributed by atoms with van der Waals surface area (Å²) in [4.78, 5) is 0. The maximum atomic E-state index is 13.4. The molecule has 0 radical (unpaired) electrons. The lowest BCUT2D eigenvalue weighted by atomic mass is 9.85. The number of hydrogen-bond donors (Lipinski definition) is 2. The van der Waals surface area contributed by atoms with Crippen molar-refractivity contribution in [3.63, 3.8) is 0 Å². The molecule has 1 aromatic rings. The van der Waals surface area contributed by atoms with Crippen molar-refractivity contribution in [3.05, 3.63) is 35.1 Å². The number of nitrogens with one attached hydrogen (secondary N) is 1. The van der Waals surface area contributed by atoms with Crippen molar-refractivity contribution < 1.29 is 9.50 Å². The van der Waals surface area contributed by atoms with Gasteiger partial charge < -0.3 is 10.4 Å². The monoisotopic (exact) mass is 253 g/mol. The SMILES string of the molecule is Cc1ccc(CNC(CCO)C(C)(C)C)cc1F. The van der Waals surface area contributed by atoms with Gasteiger partial charge in [-0.1, -0.05) is 32.9 Å². The summed E-state index contributed by atoms with van der Waals surface area (Å²) in [6, 6.07) is 5.52. The van der Waals surface area contributed by atoms with Crippen molar-refractivity contribution in [3.8, 4) is 0 Å². The zero-order chi connectivity index (χ0) is 13.8. The molecular formula is C15H24FNO. The normalized spacial score (nSPS) is 13.7. The van der Waals surface area contributed by atoms with Gasteiger partial charge in [0.25, 0.3) is 0 Å². The number of halogens is 1. The Morgan fingerprint density at radius 1 is 1.33 bits per heavy atom. The highest BCUT2D eigenvalue weighted by Gasteiger charge is 2.23. The summed E-state index contributed by atoms with van der Waals surface area (Å²) in [7, 11) is 0. The first-order valence-corrected chi connectivity index (χ1v) is 6.44. The van der Waals surface area contributed by atoms with Crippen LogP contribution in [-0.4, -0.2) is 17.8 Å². The molecule has 3 heteroatoms. The Kier molecular flexibility index (Phi) is 5.29. The summed E-state index contributed by atoms with van der Waals surface area (Å²) < 4.78 is 13.4. The van der Waals surface area contributed by atoms with Crippen molar-refractivity contribution in [2.24, 2.45) is 5.41 Å². The van der Waals surface area contributed by atoms with Crippen molar-refractivity contribution >= 4 is 0 Å². The molecular weight excluding hydrogens is 229 g/mol.